The van der Waals surface area contributed by atoms with E-state index < -0.39 is 11.6 Å². The van der Waals surface area contributed by atoms with E-state index in [-0.39, 0.29) is 12.1 Å². The molecule has 19 heavy (non-hydrogen) atoms. The van der Waals surface area contributed by atoms with Crippen molar-refractivity contribution in [3.63, 3.8) is 0 Å². The summed E-state index contributed by atoms with van der Waals surface area (Å²) >= 11 is 0. The second-order valence-corrected chi connectivity index (χ2v) is 4.68. The van der Waals surface area contributed by atoms with Crippen LogP contribution in [0.5, 0.6) is 0 Å². The van der Waals surface area contributed by atoms with Crippen LogP contribution in [0.2, 0.25) is 0 Å². The molecule has 1 aromatic carbocycles. The van der Waals surface area contributed by atoms with Gasteiger partial charge in [0.25, 0.3) is 0 Å². The van der Waals surface area contributed by atoms with Gasteiger partial charge in [-0.3, -0.25) is 0 Å². The first-order chi connectivity index (χ1) is 9.12. The molecule has 2 atom stereocenters. The SMILES string of the molecule is CCCNC(Cc1ccc(F)cc1F)C(CC)OC. The van der Waals surface area contributed by atoms with Gasteiger partial charge in [0, 0.05) is 19.2 Å². The van der Waals surface area contributed by atoms with Crippen molar-refractivity contribution >= 4 is 0 Å². The molecular weight excluding hydrogens is 248 g/mol. The Kier molecular flexibility index (Phi) is 6.95. The second kappa shape index (κ2) is 8.23. The molecule has 2 nitrogen and oxygen atoms in total. The van der Waals surface area contributed by atoms with E-state index in [1.165, 1.54) is 12.1 Å². The van der Waals surface area contributed by atoms with Crippen molar-refractivity contribution in [2.24, 2.45) is 0 Å². The van der Waals surface area contributed by atoms with Gasteiger partial charge in [-0.15, -0.1) is 0 Å². The van der Waals surface area contributed by atoms with E-state index in [0.717, 1.165) is 25.5 Å². The van der Waals surface area contributed by atoms with Crippen molar-refractivity contribution in [3.8, 4) is 0 Å². The standard InChI is InChI=1S/C15H23F2NO/c1-4-8-18-14(15(5-2)19-3)9-11-6-7-12(16)10-13(11)17/h6-7,10,14-15,18H,4-5,8-9H2,1-3H3. The number of hydrogen-bond donors (Lipinski definition) is 1. The Morgan fingerprint density at radius 3 is 2.53 bits per heavy atom. The molecule has 0 spiro atoms. The first kappa shape index (κ1) is 16.1. The number of halogens is 2. The molecule has 0 radical (unpaired) electrons. The third kappa shape index (κ3) is 4.88. The summed E-state index contributed by atoms with van der Waals surface area (Å²) in [4.78, 5) is 0. The minimum Gasteiger partial charge on any atom is -0.380 e. The predicted octanol–water partition coefficient (Wildman–Crippen LogP) is 3.30. The lowest BCUT2D eigenvalue weighted by molar-refractivity contribution is 0.0651. The molecule has 0 aliphatic rings. The predicted molar refractivity (Wildman–Crippen MR) is 73.2 cm³/mol. The van der Waals surface area contributed by atoms with Gasteiger partial charge >= 0.3 is 0 Å². The molecule has 1 rings (SSSR count). The third-order valence-electron chi connectivity index (χ3n) is 3.27. The summed E-state index contributed by atoms with van der Waals surface area (Å²) in [5, 5.41) is 3.38. The van der Waals surface area contributed by atoms with Crippen LogP contribution in [-0.4, -0.2) is 25.8 Å². The van der Waals surface area contributed by atoms with Crippen molar-refractivity contribution < 1.29 is 13.5 Å². The number of benzene rings is 1. The maximum atomic E-state index is 13.7. The van der Waals surface area contributed by atoms with Gasteiger partial charge in [0.2, 0.25) is 0 Å². The van der Waals surface area contributed by atoms with E-state index in [0.29, 0.717) is 12.0 Å². The zero-order valence-corrected chi connectivity index (χ0v) is 11.9. The van der Waals surface area contributed by atoms with E-state index >= 15 is 0 Å². The summed E-state index contributed by atoms with van der Waals surface area (Å²) in [6.07, 6.45) is 2.37. The summed E-state index contributed by atoms with van der Waals surface area (Å²) in [6.45, 7) is 4.97. The van der Waals surface area contributed by atoms with Gasteiger partial charge in [0.1, 0.15) is 11.6 Å². The van der Waals surface area contributed by atoms with E-state index in [9.17, 15) is 8.78 Å². The van der Waals surface area contributed by atoms with E-state index in [2.05, 4.69) is 12.2 Å². The Balaban J connectivity index is 2.80. The Labute approximate surface area is 114 Å². The zero-order chi connectivity index (χ0) is 14.3. The Morgan fingerprint density at radius 2 is 2.00 bits per heavy atom. The summed E-state index contributed by atoms with van der Waals surface area (Å²) in [6, 6.07) is 3.77. The normalized spacial score (nSPS) is 14.4. The highest BCUT2D eigenvalue weighted by atomic mass is 19.1. The Hall–Kier alpha value is -1.00. The number of rotatable bonds is 8. The van der Waals surface area contributed by atoms with E-state index in [4.69, 9.17) is 4.74 Å². The van der Waals surface area contributed by atoms with Crippen LogP contribution in [0.1, 0.15) is 32.3 Å². The molecule has 0 saturated carbocycles. The second-order valence-electron chi connectivity index (χ2n) is 4.68. The van der Waals surface area contributed by atoms with Crippen LogP contribution in [0.25, 0.3) is 0 Å². The van der Waals surface area contributed by atoms with Gasteiger partial charge in [-0.05, 0) is 37.4 Å². The van der Waals surface area contributed by atoms with Gasteiger partial charge in [-0.2, -0.15) is 0 Å². The molecule has 0 aromatic heterocycles. The number of methoxy groups -OCH3 is 1. The summed E-state index contributed by atoms with van der Waals surface area (Å²) in [5.41, 5.74) is 0.519. The van der Waals surface area contributed by atoms with Crippen LogP contribution in [0.15, 0.2) is 18.2 Å². The van der Waals surface area contributed by atoms with Gasteiger partial charge in [0.05, 0.1) is 6.10 Å². The number of ether oxygens (including phenoxy) is 1. The topological polar surface area (TPSA) is 21.3 Å². The monoisotopic (exact) mass is 271 g/mol. The number of hydrogen-bond acceptors (Lipinski definition) is 2. The largest absolute Gasteiger partial charge is 0.380 e. The fraction of sp³-hybridized carbons (Fsp3) is 0.600. The lowest BCUT2D eigenvalue weighted by atomic mass is 9.99. The van der Waals surface area contributed by atoms with E-state index in [1.807, 2.05) is 6.92 Å². The van der Waals surface area contributed by atoms with Crippen LogP contribution < -0.4 is 5.32 Å². The van der Waals surface area contributed by atoms with Crippen molar-refractivity contribution in [2.75, 3.05) is 13.7 Å². The molecule has 1 aromatic rings. The molecule has 0 heterocycles. The van der Waals surface area contributed by atoms with Crippen molar-refractivity contribution in [1.82, 2.24) is 5.32 Å². The fourth-order valence-electron chi connectivity index (χ4n) is 2.20. The highest BCUT2D eigenvalue weighted by Crippen LogP contribution is 2.15. The first-order valence-electron chi connectivity index (χ1n) is 6.82. The smallest absolute Gasteiger partial charge is 0.129 e. The van der Waals surface area contributed by atoms with Crippen LogP contribution in [0, 0.1) is 11.6 Å². The molecule has 0 aliphatic carbocycles. The van der Waals surface area contributed by atoms with Gasteiger partial charge in [-0.25, -0.2) is 8.78 Å². The molecule has 0 fully saturated rings. The van der Waals surface area contributed by atoms with Crippen LogP contribution in [-0.2, 0) is 11.2 Å². The Bertz CT molecular complexity index is 380. The van der Waals surface area contributed by atoms with Crippen molar-refractivity contribution in [3.05, 3.63) is 35.4 Å². The molecule has 2 unspecified atom stereocenters. The lowest BCUT2D eigenvalue weighted by Gasteiger charge is -2.26. The molecular formula is C15H23F2NO. The molecule has 1 N–H and O–H groups in total. The maximum Gasteiger partial charge on any atom is 0.129 e. The molecule has 108 valence electrons. The Morgan fingerprint density at radius 1 is 1.26 bits per heavy atom. The minimum absolute atomic E-state index is 0.0241. The molecule has 0 aliphatic heterocycles. The first-order valence-corrected chi connectivity index (χ1v) is 6.82. The maximum absolute atomic E-state index is 13.7. The summed E-state index contributed by atoms with van der Waals surface area (Å²) < 4.78 is 32.0. The quantitative estimate of drug-likeness (QED) is 0.783. The van der Waals surface area contributed by atoms with Gasteiger partial charge < -0.3 is 10.1 Å². The van der Waals surface area contributed by atoms with Crippen LogP contribution in [0.3, 0.4) is 0 Å². The molecule has 4 heteroatoms. The molecule has 0 bridgehead atoms. The fourth-order valence-corrected chi connectivity index (χ4v) is 2.20. The van der Waals surface area contributed by atoms with Crippen molar-refractivity contribution in [2.45, 2.75) is 45.3 Å². The summed E-state index contributed by atoms with van der Waals surface area (Å²) in [7, 11) is 1.66. The van der Waals surface area contributed by atoms with Crippen molar-refractivity contribution in [1.29, 1.82) is 0 Å². The zero-order valence-electron chi connectivity index (χ0n) is 11.9. The van der Waals surface area contributed by atoms with Gasteiger partial charge in [-0.1, -0.05) is 19.9 Å². The van der Waals surface area contributed by atoms with E-state index in [1.54, 1.807) is 7.11 Å². The molecule has 0 amide bonds. The minimum atomic E-state index is -0.543. The van der Waals surface area contributed by atoms with Crippen LogP contribution in [0.4, 0.5) is 8.78 Å². The van der Waals surface area contributed by atoms with Gasteiger partial charge in [0.15, 0.2) is 0 Å². The van der Waals surface area contributed by atoms with Crippen LogP contribution >= 0.6 is 0 Å². The number of nitrogens with one attached hydrogen (secondary N) is 1. The summed E-state index contributed by atoms with van der Waals surface area (Å²) in [5.74, 6) is -1.03. The average molecular weight is 271 g/mol. The molecule has 0 saturated heterocycles. The third-order valence-corrected chi connectivity index (χ3v) is 3.27. The average Bonchev–Trinajstić information content (AvgIpc) is 2.39. The lowest BCUT2D eigenvalue weighted by Crippen LogP contribution is -2.42. The highest BCUT2D eigenvalue weighted by molar-refractivity contribution is 5.20. The highest BCUT2D eigenvalue weighted by Gasteiger charge is 2.20.